The average molecular weight is 432 g/mol. The second-order valence-corrected chi connectivity index (χ2v) is 4.87. The Morgan fingerprint density at radius 1 is 1.16 bits per heavy atom. The molecule has 4 heteroatoms. The maximum atomic E-state index is 5.34. The van der Waals surface area contributed by atoms with Crippen LogP contribution in [0.3, 0.4) is 0 Å². The topological polar surface area (TPSA) is 13.1 Å². The number of pyridine rings is 1. The minimum atomic E-state index is 0. The highest BCUT2D eigenvalue weighted by atomic mass is 127. The van der Waals surface area contributed by atoms with Gasteiger partial charge >= 0.3 is 0 Å². The van der Waals surface area contributed by atoms with Crippen LogP contribution in [0.15, 0.2) is 47.1 Å². The van der Waals surface area contributed by atoms with Crippen LogP contribution in [0, 0.1) is 0 Å². The maximum absolute atomic E-state index is 5.34. The van der Waals surface area contributed by atoms with E-state index in [-0.39, 0.29) is 24.0 Å². The van der Waals surface area contributed by atoms with Crippen molar-refractivity contribution in [2.75, 3.05) is 7.11 Å². The van der Waals surface area contributed by atoms with Crippen LogP contribution in [0.25, 0.3) is 12.2 Å². The molecule has 1 heterocycles. The van der Waals surface area contributed by atoms with Crippen LogP contribution in [0.1, 0.15) is 11.3 Å². The summed E-state index contributed by atoms with van der Waals surface area (Å²) in [5.74, 6) is 0.869. The SMILES string of the molecule is COc1ccc(Br)cc1C=Cc1cccc[n+]1C.[I-]. The summed E-state index contributed by atoms with van der Waals surface area (Å²) in [7, 11) is 3.71. The fraction of sp³-hybridized carbons (Fsp3) is 0.133. The zero-order chi connectivity index (χ0) is 13.0. The first-order valence-corrected chi connectivity index (χ1v) is 6.46. The second kappa shape index (κ2) is 7.65. The van der Waals surface area contributed by atoms with Crippen LogP contribution in [0.5, 0.6) is 5.75 Å². The van der Waals surface area contributed by atoms with Gasteiger partial charge in [0.1, 0.15) is 12.8 Å². The molecule has 19 heavy (non-hydrogen) atoms. The molecule has 0 aliphatic carbocycles. The number of hydrogen-bond acceptors (Lipinski definition) is 1. The molecular formula is C15H15BrINO. The summed E-state index contributed by atoms with van der Waals surface area (Å²) >= 11 is 3.47. The minimum Gasteiger partial charge on any atom is -1.00 e. The molecule has 0 amide bonds. The molecule has 0 spiro atoms. The van der Waals surface area contributed by atoms with Gasteiger partial charge in [0, 0.05) is 28.2 Å². The molecule has 0 aliphatic heterocycles. The van der Waals surface area contributed by atoms with Crippen LogP contribution < -0.4 is 33.3 Å². The summed E-state index contributed by atoms with van der Waals surface area (Å²) in [6, 6.07) is 12.1. The molecular weight excluding hydrogens is 417 g/mol. The molecule has 0 bridgehead atoms. The van der Waals surface area contributed by atoms with E-state index in [1.807, 2.05) is 43.6 Å². The third-order valence-electron chi connectivity index (χ3n) is 2.72. The van der Waals surface area contributed by atoms with Crippen molar-refractivity contribution < 1.29 is 33.3 Å². The molecule has 0 fully saturated rings. The smallest absolute Gasteiger partial charge is 0.204 e. The molecule has 0 saturated heterocycles. The highest BCUT2D eigenvalue weighted by molar-refractivity contribution is 9.10. The first-order valence-electron chi connectivity index (χ1n) is 5.67. The molecule has 2 rings (SSSR count). The summed E-state index contributed by atoms with van der Waals surface area (Å²) in [6.07, 6.45) is 6.15. The Hall–Kier alpha value is -0.880. The van der Waals surface area contributed by atoms with Gasteiger partial charge in [-0.2, -0.15) is 0 Å². The lowest BCUT2D eigenvalue weighted by Crippen LogP contribution is -3.00. The molecule has 1 aromatic heterocycles. The fourth-order valence-electron chi connectivity index (χ4n) is 1.72. The summed E-state index contributed by atoms with van der Waals surface area (Å²) in [6.45, 7) is 0. The summed E-state index contributed by atoms with van der Waals surface area (Å²) in [5, 5.41) is 0. The van der Waals surface area contributed by atoms with Crippen molar-refractivity contribution in [3.8, 4) is 5.75 Å². The number of rotatable bonds is 3. The van der Waals surface area contributed by atoms with Crippen LogP contribution in [0.2, 0.25) is 0 Å². The van der Waals surface area contributed by atoms with Crippen LogP contribution in [-0.4, -0.2) is 7.11 Å². The molecule has 0 radical (unpaired) electrons. The van der Waals surface area contributed by atoms with Crippen LogP contribution in [0.4, 0.5) is 0 Å². The van der Waals surface area contributed by atoms with Crippen molar-refractivity contribution >= 4 is 28.1 Å². The van der Waals surface area contributed by atoms with Gasteiger partial charge in [-0.3, -0.25) is 0 Å². The number of methoxy groups -OCH3 is 1. The van der Waals surface area contributed by atoms with E-state index >= 15 is 0 Å². The average Bonchev–Trinajstić information content (AvgIpc) is 2.38. The predicted molar refractivity (Wildman–Crippen MR) is 77.2 cm³/mol. The summed E-state index contributed by atoms with van der Waals surface area (Å²) in [5.41, 5.74) is 2.19. The molecule has 100 valence electrons. The van der Waals surface area contributed by atoms with Crippen molar-refractivity contribution in [3.05, 3.63) is 58.3 Å². The zero-order valence-electron chi connectivity index (χ0n) is 10.8. The maximum Gasteiger partial charge on any atom is 0.204 e. The van der Waals surface area contributed by atoms with Crippen molar-refractivity contribution in [2.45, 2.75) is 0 Å². The van der Waals surface area contributed by atoms with Gasteiger partial charge in [-0.15, -0.1) is 0 Å². The Balaban J connectivity index is 0.00000180. The summed E-state index contributed by atoms with van der Waals surface area (Å²) < 4.78 is 8.45. The van der Waals surface area contributed by atoms with E-state index in [4.69, 9.17) is 4.74 Å². The molecule has 0 atom stereocenters. The first kappa shape index (κ1) is 16.2. The van der Waals surface area contributed by atoms with Gasteiger partial charge in [-0.1, -0.05) is 15.9 Å². The van der Waals surface area contributed by atoms with Crippen molar-refractivity contribution in [1.29, 1.82) is 0 Å². The largest absolute Gasteiger partial charge is 1.00 e. The van der Waals surface area contributed by atoms with E-state index in [0.717, 1.165) is 21.5 Å². The van der Waals surface area contributed by atoms with Gasteiger partial charge in [0.2, 0.25) is 5.69 Å². The monoisotopic (exact) mass is 431 g/mol. The number of halogens is 2. The molecule has 1 aromatic carbocycles. The summed E-state index contributed by atoms with van der Waals surface area (Å²) in [4.78, 5) is 0. The Bertz CT molecular complexity index is 584. The van der Waals surface area contributed by atoms with Crippen LogP contribution in [-0.2, 0) is 7.05 Å². The molecule has 2 aromatic rings. The van der Waals surface area contributed by atoms with Crippen LogP contribution >= 0.6 is 15.9 Å². The predicted octanol–water partition coefficient (Wildman–Crippen LogP) is 0.457. The van der Waals surface area contributed by atoms with E-state index in [2.05, 4.69) is 38.7 Å². The van der Waals surface area contributed by atoms with Crippen molar-refractivity contribution in [3.63, 3.8) is 0 Å². The number of nitrogens with zero attached hydrogens (tertiary/aromatic N) is 1. The lowest BCUT2D eigenvalue weighted by atomic mass is 10.1. The van der Waals surface area contributed by atoms with E-state index in [1.54, 1.807) is 7.11 Å². The van der Waals surface area contributed by atoms with Gasteiger partial charge in [-0.25, -0.2) is 4.57 Å². The highest BCUT2D eigenvalue weighted by Gasteiger charge is 2.02. The Morgan fingerprint density at radius 3 is 2.63 bits per heavy atom. The fourth-order valence-corrected chi connectivity index (χ4v) is 2.10. The van der Waals surface area contributed by atoms with E-state index in [0.29, 0.717) is 0 Å². The molecule has 0 aliphatic rings. The van der Waals surface area contributed by atoms with E-state index in [9.17, 15) is 0 Å². The highest BCUT2D eigenvalue weighted by Crippen LogP contribution is 2.24. The van der Waals surface area contributed by atoms with E-state index in [1.165, 1.54) is 0 Å². The van der Waals surface area contributed by atoms with Gasteiger partial charge in [-0.05, 0) is 30.3 Å². The van der Waals surface area contributed by atoms with Crippen molar-refractivity contribution in [2.24, 2.45) is 7.05 Å². The number of aromatic nitrogens is 1. The molecule has 0 saturated carbocycles. The second-order valence-electron chi connectivity index (χ2n) is 3.96. The minimum absolute atomic E-state index is 0. The quantitative estimate of drug-likeness (QED) is 0.508. The number of hydrogen-bond donors (Lipinski definition) is 0. The van der Waals surface area contributed by atoms with Crippen molar-refractivity contribution in [1.82, 2.24) is 0 Å². The lowest BCUT2D eigenvalue weighted by molar-refractivity contribution is -0.673. The molecule has 2 nitrogen and oxygen atoms in total. The zero-order valence-corrected chi connectivity index (χ0v) is 14.6. The van der Waals surface area contributed by atoms with Gasteiger partial charge in [0.25, 0.3) is 0 Å². The third-order valence-corrected chi connectivity index (χ3v) is 3.21. The normalized spacial score (nSPS) is 10.3. The van der Waals surface area contributed by atoms with Gasteiger partial charge < -0.3 is 28.7 Å². The lowest BCUT2D eigenvalue weighted by Gasteiger charge is -2.04. The Labute approximate surface area is 139 Å². The van der Waals surface area contributed by atoms with Gasteiger partial charge in [0.05, 0.1) is 7.11 Å². The number of benzene rings is 1. The number of aryl methyl sites for hydroxylation is 1. The van der Waals surface area contributed by atoms with E-state index < -0.39 is 0 Å². The Kier molecular flexibility index (Phi) is 6.51. The third kappa shape index (κ3) is 4.31. The molecule has 0 N–H and O–H groups in total. The number of ether oxygens (including phenoxy) is 1. The Morgan fingerprint density at radius 2 is 1.95 bits per heavy atom. The first-order chi connectivity index (χ1) is 8.70. The standard InChI is InChI=1S/C15H15BrNO.HI/c1-17-10-4-3-5-14(17)8-6-12-11-13(16)7-9-15(12)18-2;/h3-11H,1-2H3;1H/q+1;/p-1. The molecule has 0 unspecified atom stereocenters. The van der Waals surface area contributed by atoms with Gasteiger partial charge in [0.15, 0.2) is 6.20 Å².